The number of pyridine rings is 1. The minimum Gasteiger partial charge on any atom is -0.483 e. The molecule has 2 atom stereocenters. The van der Waals surface area contributed by atoms with Gasteiger partial charge < -0.3 is 19.5 Å². The summed E-state index contributed by atoms with van der Waals surface area (Å²) in [5.41, 5.74) is 2.34. The number of H-pyrrole nitrogens is 1. The number of carbonyl (C=O) groups is 2. The van der Waals surface area contributed by atoms with Crippen molar-refractivity contribution in [3.8, 4) is 17.3 Å². The summed E-state index contributed by atoms with van der Waals surface area (Å²) in [6.07, 6.45) is 4.22. The first-order valence-corrected chi connectivity index (χ1v) is 17.3. The highest BCUT2D eigenvalue weighted by atomic mass is 19.1. The molecule has 11 nitrogen and oxygen atoms in total. The normalized spacial score (nSPS) is 17.5. The Morgan fingerprint density at radius 3 is 2.71 bits per heavy atom. The van der Waals surface area contributed by atoms with Crippen molar-refractivity contribution < 1.29 is 23.1 Å². The molecule has 1 fully saturated rings. The van der Waals surface area contributed by atoms with Crippen molar-refractivity contribution >= 4 is 22.7 Å². The van der Waals surface area contributed by atoms with Gasteiger partial charge in [0, 0.05) is 42.2 Å². The highest BCUT2D eigenvalue weighted by Gasteiger charge is 2.33. The van der Waals surface area contributed by atoms with Crippen molar-refractivity contribution in [1.82, 2.24) is 34.9 Å². The third-order valence-corrected chi connectivity index (χ3v) is 9.86. The minimum atomic E-state index is -0.548. The van der Waals surface area contributed by atoms with E-state index in [1.165, 1.54) is 18.2 Å². The lowest BCUT2D eigenvalue weighted by atomic mass is 9.79. The minimum absolute atomic E-state index is 0.00353. The standard InChI is InChI=1S/C38H39F2N7O4/c1-22(2)46-13-14-47-27(18-32(48)35(34(47)38(46)50)51-21-23-7-4-3-5-8-23)19-42-37(49)25-10-6-9-24(15-25)16-31-29(40)20-41-36(43-31)33-28-17-26(39)11-12-30(28)44-45-33/h3-5,7-8,11-12,17-18,20,22,24-25H,6,9-10,13-16,19,21H2,1-2H3,(H,42,49)(H,44,45)/t24-,25+/m1/s1. The second-order valence-corrected chi connectivity index (χ2v) is 13.6. The average Bonchev–Trinajstić information content (AvgIpc) is 3.54. The number of aromatic amines is 1. The number of ether oxygens (including phenoxy) is 1. The number of carbonyl (C=O) groups excluding carboxylic acids is 2. The Bertz CT molecular complexity index is 2150. The molecule has 3 aromatic heterocycles. The SMILES string of the molecule is CC(C)N1CCn2c(CNC(=O)[C@H]3CCC[C@@H](Cc4nc(-c5n[nH]c6ccc(F)cc56)ncc4F)C3)cc(=O)c(OCc3ccccc3)c2C1=O. The summed E-state index contributed by atoms with van der Waals surface area (Å²) in [6, 6.07) is 15.0. The molecule has 51 heavy (non-hydrogen) atoms. The fourth-order valence-corrected chi connectivity index (χ4v) is 7.23. The average molecular weight is 696 g/mol. The van der Waals surface area contributed by atoms with E-state index in [0.717, 1.165) is 24.6 Å². The number of nitrogens with zero attached hydrogens (tertiary/aromatic N) is 5. The van der Waals surface area contributed by atoms with Gasteiger partial charge in [0.15, 0.2) is 23.1 Å². The Kier molecular flexibility index (Phi) is 9.61. The van der Waals surface area contributed by atoms with Crippen LogP contribution in [0.3, 0.4) is 0 Å². The largest absolute Gasteiger partial charge is 0.483 e. The quantitative estimate of drug-likeness (QED) is 0.195. The third-order valence-electron chi connectivity index (χ3n) is 9.86. The van der Waals surface area contributed by atoms with Gasteiger partial charge in [-0.3, -0.25) is 19.5 Å². The van der Waals surface area contributed by atoms with E-state index in [0.29, 0.717) is 54.6 Å². The lowest BCUT2D eigenvalue weighted by Gasteiger charge is -2.35. The smallest absolute Gasteiger partial charge is 0.274 e. The van der Waals surface area contributed by atoms with Crippen LogP contribution in [0.25, 0.3) is 22.4 Å². The molecular weight excluding hydrogens is 656 g/mol. The predicted molar refractivity (Wildman–Crippen MR) is 186 cm³/mol. The number of nitrogens with one attached hydrogen (secondary N) is 2. The van der Waals surface area contributed by atoms with Crippen LogP contribution < -0.4 is 15.5 Å². The zero-order valence-corrected chi connectivity index (χ0v) is 28.5. The molecule has 0 bridgehead atoms. The Morgan fingerprint density at radius 1 is 1.08 bits per heavy atom. The number of hydrogen-bond acceptors (Lipinski definition) is 7. The van der Waals surface area contributed by atoms with Gasteiger partial charge in [-0.25, -0.2) is 18.7 Å². The van der Waals surface area contributed by atoms with Gasteiger partial charge in [-0.05, 0) is 62.8 Å². The maximum absolute atomic E-state index is 15.0. The lowest BCUT2D eigenvalue weighted by molar-refractivity contribution is -0.126. The molecule has 264 valence electrons. The zero-order valence-electron chi connectivity index (χ0n) is 28.5. The van der Waals surface area contributed by atoms with E-state index in [9.17, 15) is 23.2 Å². The molecule has 13 heteroatoms. The maximum Gasteiger partial charge on any atom is 0.274 e. The second-order valence-electron chi connectivity index (χ2n) is 13.6. The molecule has 2 N–H and O–H groups in total. The molecular formula is C38H39F2N7O4. The van der Waals surface area contributed by atoms with Crippen molar-refractivity contribution in [2.24, 2.45) is 11.8 Å². The summed E-state index contributed by atoms with van der Waals surface area (Å²) in [4.78, 5) is 51.0. The van der Waals surface area contributed by atoms with Gasteiger partial charge in [-0.1, -0.05) is 43.2 Å². The number of aromatic nitrogens is 5. The topological polar surface area (TPSA) is 135 Å². The maximum atomic E-state index is 15.0. The Balaban J connectivity index is 1.05. The Hall–Kier alpha value is -5.46. The number of hydrogen-bond donors (Lipinski definition) is 2. The molecule has 0 saturated heterocycles. The number of benzene rings is 2. The van der Waals surface area contributed by atoms with Gasteiger partial charge in [0.25, 0.3) is 5.91 Å². The Labute approximate surface area is 293 Å². The molecule has 1 aliphatic carbocycles. The molecule has 1 aliphatic heterocycles. The number of amides is 2. The monoisotopic (exact) mass is 695 g/mol. The lowest BCUT2D eigenvalue weighted by Crippen LogP contribution is -2.46. The summed E-state index contributed by atoms with van der Waals surface area (Å²) in [7, 11) is 0. The van der Waals surface area contributed by atoms with Crippen molar-refractivity contribution in [3.63, 3.8) is 0 Å². The molecule has 0 radical (unpaired) electrons. The number of fused-ring (bicyclic) bond motifs is 2. The molecule has 7 rings (SSSR count). The molecule has 2 aromatic carbocycles. The fraction of sp³-hybridized carbons (Fsp3) is 0.368. The van der Waals surface area contributed by atoms with Crippen LogP contribution in [-0.4, -0.2) is 54.0 Å². The van der Waals surface area contributed by atoms with Gasteiger partial charge in [0.2, 0.25) is 11.3 Å². The first-order chi connectivity index (χ1) is 24.7. The molecule has 1 saturated carbocycles. The van der Waals surface area contributed by atoms with E-state index in [-0.39, 0.29) is 65.8 Å². The molecule has 2 amide bonds. The first kappa shape index (κ1) is 34.0. The van der Waals surface area contributed by atoms with Crippen LogP contribution in [0.4, 0.5) is 8.78 Å². The van der Waals surface area contributed by atoms with Crippen molar-refractivity contribution in [1.29, 1.82) is 0 Å². The number of halogens is 2. The fourth-order valence-electron chi connectivity index (χ4n) is 7.23. The first-order valence-electron chi connectivity index (χ1n) is 17.3. The van der Waals surface area contributed by atoms with E-state index in [1.807, 2.05) is 44.2 Å². The summed E-state index contributed by atoms with van der Waals surface area (Å²) in [6.45, 7) is 4.98. The molecule has 4 heterocycles. The summed E-state index contributed by atoms with van der Waals surface area (Å²) in [5.74, 6) is -1.54. The van der Waals surface area contributed by atoms with Gasteiger partial charge in [0.1, 0.15) is 18.1 Å². The second kappa shape index (κ2) is 14.4. The van der Waals surface area contributed by atoms with E-state index in [2.05, 4.69) is 25.5 Å². The van der Waals surface area contributed by atoms with Gasteiger partial charge in [-0.15, -0.1) is 0 Å². The van der Waals surface area contributed by atoms with Crippen molar-refractivity contribution in [2.75, 3.05) is 6.54 Å². The van der Waals surface area contributed by atoms with Crippen molar-refractivity contribution in [3.05, 3.63) is 105 Å². The van der Waals surface area contributed by atoms with E-state index in [4.69, 9.17) is 4.74 Å². The van der Waals surface area contributed by atoms with Crippen LogP contribution in [-0.2, 0) is 30.9 Å². The Morgan fingerprint density at radius 2 is 1.90 bits per heavy atom. The third kappa shape index (κ3) is 7.10. The summed E-state index contributed by atoms with van der Waals surface area (Å²) in [5, 5.41) is 10.6. The van der Waals surface area contributed by atoms with Crippen LogP contribution in [0.1, 0.15) is 67.0 Å². The molecule has 0 spiro atoms. The van der Waals surface area contributed by atoms with E-state index in [1.54, 1.807) is 15.5 Å². The van der Waals surface area contributed by atoms with Crippen LogP contribution in [0.2, 0.25) is 0 Å². The molecule has 2 aliphatic rings. The highest BCUT2D eigenvalue weighted by Crippen LogP contribution is 2.33. The van der Waals surface area contributed by atoms with Crippen LogP contribution in [0.5, 0.6) is 5.75 Å². The highest BCUT2D eigenvalue weighted by molar-refractivity contribution is 5.96. The van der Waals surface area contributed by atoms with Crippen LogP contribution in [0.15, 0.2) is 65.6 Å². The summed E-state index contributed by atoms with van der Waals surface area (Å²) < 4.78 is 36.7. The van der Waals surface area contributed by atoms with Crippen molar-refractivity contribution in [2.45, 2.75) is 71.7 Å². The van der Waals surface area contributed by atoms with E-state index >= 15 is 0 Å². The zero-order chi connectivity index (χ0) is 35.6. The summed E-state index contributed by atoms with van der Waals surface area (Å²) >= 11 is 0. The predicted octanol–water partition coefficient (Wildman–Crippen LogP) is 5.57. The molecule has 0 unspecified atom stereocenters. The molecule has 5 aromatic rings. The van der Waals surface area contributed by atoms with Crippen LogP contribution in [0, 0.1) is 23.5 Å². The van der Waals surface area contributed by atoms with Gasteiger partial charge >= 0.3 is 0 Å². The van der Waals surface area contributed by atoms with E-state index < -0.39 is 17.1 Å². The number of rotatable bonds is 10. The van der Waals surface area contributed by atoms with Gasteiger partial charge in [-0.2, -0.15) is 5.10 Å². The van der Waals surface area contributed by atoms with Crippen LogP contribution >= 0.6 is 0 Å². The van der Waals surface area contributed by atoms with Gasteiger partial charge in [0.05, 0.1) is 24.0 Å².